The molecule has 0 atom stereocenters. The Kier molecular flexibility index (Phi) is 4.16. The number of hydrogen-bond acceptors (Lipinski definition) is 3. The lowest BCUT2D eigenvalue weighted by molar-refractivity contribution is 0.0903. The quantitative estimate of drug-likeness (QED) is 0.897. The van der Waals surface area contributed by atoms with Gasteiger partial charge in [-0.05, 0) is 18.9 Å². The summed E-state index contributed by atoms with van der Waals surface area (Å²) in [6.07, 6.45) is 4.44. The SMILES string of the molecule is N#CC1(NC(=O)c2cc(Cl)sc2Cl)CCCCC1. The molecule has 3 nitrogen and oxygen atoms in total. The molecule has 0 unspecified atom stereocenters. The van der Waals surface area contributed by atoms with Crippen molar-refractivity contribution >= 4 is 40.4 Å². The highest BCUT2D eigenvalue weighted by Gasteiger charge is 2.34. The second-order valence-corrected chi connectivity index (χ2v) is 6.73. The van der Waals surface area contributed by atoms with Crippen molar-refractivity contribution < 1.29 is 4.79 Å². The summed E-state index contributed by atoms with van der Waals surface area (Å²) in [5, 5.41) is 12.1. The Hall–Kier alpha value is -0.760. The maximum absolute atomic E-state index is 12.1. The summed E-state index contributed by atoms with van der Waals surface area (Å²) >= 11 is 12.9. The molecule has 2 rings (SSSR count). The highest BCUT2D eigenvalue weighted by Crippen LogP contribution is 2.33. The smallest absolute Gasteiger partial charge is 0.254 e. The third-order valence-electron chi connectivity index (χ3n) is 3.18. The largest absolute Gasteiger partial charge is 0.334 e. The van der Waals surface area contributed by atoms with Crippen LogP contribution < -0.4 is 5.32 Å². The number of nitrogens with zero attached hydrogens (tertiary/aromatic N) is 1. The van der Waals surface area contributed by atoms with Gasteiger partial charge in [-0.3, -0.25) is 4.79 Å². The van der Waals surface area contributed by atoms with Gasteiger partial charge in [0.05, 0.1) is 16.0 Å². The van der Waals surface area contributed by atoms with E-state index in [-0.39, 0.29) is 5.91 Å². The van der Waals surface area contributed by atoms with Gasteiger partial charge in [0.15, 0.2) is 0 Å². The molecule has 1 aromatic heterocycles. The Balaban J connectivity index is 2.15. The topological polar surface area (TPSA) is 52.9 Å². The molecule has 1 N–H and O–H groups in total. The number of rotatable bonds is 2. The number of nitrogens with one attached hydrogen (secondary N) is 1. The van der Waals surface area contributed by atoms with Crippen molar-refractivity contribution in [1.29, 1.82) is 5.26 Å². The number of halogens is 2. The van der Waals surface area contributed by atoms with Gasteiger partial charge >= 0.3 is 0 Å². The first-order chi connectivity index (χ1) is 8.56. The monoisotopic (exact) mass is 302 g/mol. The first-order valence-corrected chi connectivity index (χ1v) is 7.32. The molecule has 1 saturated carbocycles. The number of amides is 1. The van der Waals surface area contributed by atoms with Crippen molar-refractivity contribution in [3.05, 3.63) is 20.3 Å². The molecule has 1 aliphatic rings. The molecule has 6 heteroatoms. The van der Waals surface area contributed by atoms with Crippen molar-refractivity contribution in [3.8, 4) is 6.07 Å². The predicted octanol–water partition coefficient (Wildman–Crippen LogP) is 4.01. The summed E-state index contributed by atoms with van der Waals surface area (Å²) in [5.41, 5.74) is -0.389. The van der Waals surface area contributed by atoms with E-state index >= 15 is 0 Å². The summed E-state index contributed by atoms with van der Waals surface area (Å²) in [6, 6.07) is 3.78. The highest BCUT2D eigenvalue weighted by atomic mass is 35.5. The van der Waals surface area contributed by atoms with E-state index in [1.807, 2.05) is 0 Å². The highest BCUT2D eigenvalue weighted by molar-refractivity contribution is 7.20. The minimum absolute atomic E-state index is 0.313. The Labute approximate surface area is 120 Å². The summed E-state index contributed by atoms with van der Waals surface area (Å²) in [4.78, 5) is 12.1. The number of nitriles is 1. The van der Waals surface area contributed by atoms with E-state index in [9.17, 15) is 10.1 Å². The fourth-order valence-corrected chi connectivity index (χ4v) is 3.66. The fraction of sp³-hybridized carbons (Fsp3) is 0.500. The van der Waals surface area contributed by atoms with Crippen LogP contribution >= 0.6 is 34.5 Å². The Morgan fingerprint density at radius 2 is 2.06 bits per heavy atom. The van der Waals surface area contributed by atoms with Gasteiger partial charge in [0.1, 0.15) is 9.88 Å². The Morgan fingerprint density at radius 1 is 1.39 bits per heavy atom. The first-order valence-electron chi connectivity index (χ1n) is 5.75. The zero-order valence-corrected chi connectivity index (χ0v) is 12.0. The summed E-state index contributed by atoms with van der Waals surface area (Å²) in [5.74, 6) is -0.313. The van der Waals surface area contributed by atoms with E-state index < -0.39 is 5.54 Å². The molecular weight excluding hydrogens is 291 g/mol. The molecule has 1 aromatic rings. The molecule has 0 bridgehead atoms. The van der Waals surface area contributed by atoms with Gasteiger partial charge in [-0.1, -0.05) is 42.5 Å². The maximum atomic E-state index is 12.1. The van der Waals surface area contributed by atoms with Gasteiger partial charge in [-0.15, -0.1) is 11.3 Å². The number of carbonyl (C=O) groups is 1. The molecule has 96 valence electrons. The predicted molar refractivity (Wildman–Crippen MR) is 73.2 cm³/mol. The lowest BCUT2D eigenvalue weighted by Crippen LogP contribution is -2.48. The average molecular weight is 303 g/mol. The normalized spacial score (nSPS) is 18.1. The van der Waals surface area contributed by atoms with Gasteiger partial charge < -0.3 is 5.32 Å². The number of hydrogen-bond donors (Lipinski definition) is 1. The second kappa shape index (κ2) is 5.48. The van der Waals surface area contributed by atoms with E-state index in [1.54, 1.807) is 0 Å². The minimum Gasteiger partial charge on any atom is -0.334 e. The van der Waals surface area contributed by atoms with Crippen LogP contribution in [0.4, 0.5) is 0 Å². The first kappa shape index (κ1) is 13.7. The van der Waals surface area contributed by atoms with Gasteiger partial charge in [0, 0.05) is 0 Å². The van der Waals surface area contributed by atoms with Crippen LogP contribution in [0.15, 0.2) is 6.07 Å². The summed E-state index contributed by atoms with van der Waals surface area (Å²) in [7, 11) is 0. The van der Waals surface area contributed by atoms with Crippen LogP contribution in [0.3, 0.4) is 0 Å². The van der Waals surface area contributed by atoms with Crippen LogP contribution in [-0.4, -0.2) is 11.4 Å². The standard InChI is InChI=1S/C12H12Cl2N2OS/c13-9-6-8(10(14)18-9)11(17)16-12(7-15)4-2-1-3-5-12/h6H,1-5H2,(H,16,17). The van der Waals surface area contributed by atoms with Crippen molar-refractivity contribution in [1.82, 2.24) is 5.32 Å². The molecule has 1 fully saturated rings. The third kappa shape index (κ3) is 2.80. The van der Waals surface area contributed by atoms with Gasteiger partial charge in [0.25, 0.3) is 5.91 Å². The van der Waals surface area contributed by atoms with E-state index in [1.165, 1.54) is 6.07 Å². The van der Waals surface area contributed by atoms with E-state index in [0.717, 1.165) is 30.6 Å². The molecule has 0 saturated heterocycles. The molecule has 1 aliphatic carbocycles. The second-order valence-electron chi connectivity index (χ2n) is 4.45. The van der Waals surface area contributed by atoms with Crippen molar-refractivity contribution in [2.75, 3.05) is 0 Å². The van der Waals surface area contributed by atoms with Crippen LogP contribution in [0.25, 0.3) is 0 Å². The van der Waals surface area contributed by atoms with Crippen LogP contribution in [0.5, 0.6) is 0 Å². The number of thiophene rings is 1. The third-order valence-corrected chi connectivity index (χ3v) is 4.66. The Morgan fingerprint density at radius 3 is 2.56 bits per heavy atom. The zero-order chi connectivity index (χ0) is 13.2. The number of carbonyl (C=O) groups excluding carboxylic acids is 1. The average Bonchev–Trinajstić information content (AvgIpc) is 2.70. The molecule has 0 spiro atoms. The zero-order valence-electron chi connectivity index (χ0n) is 9.63. The maximum Gasteiger partial charge on any atom is 0.254 e. The molecular formula is C12H12Cl2N2OS. The summed E-state index contributed by atoms with van der Waals surface area (Å²) in [6.45, 7) is 0. The summed E-state index contributed by atoms with van der Waals surface area (Å²) < 4.78 is 0.834. The molecule has 1 heterocycles. The van der Waals surface area contributed by atoms with Gasteiger partial charge in [-0.2, -0.15) is 5.26 Å². The van der Waals surface area contributed by atoms with Gasteiger partial charge in [0.2, 0.25) is 0 Å². The van der Waals surface area contributed by atoms with Crippen LogP contribution in [-0.2, 0) is 0 Å². The van der Waals surface area contributed by atoms with E-state index in [0.29, 0.717) is 27.1 Å². The molecule has 0 aliphatic heterocycles. The molecule has 1 amide bonds. The van der Waals surface area contributed by atoms with E-state index in [4.69, 9.17) is 23.2 Å². The van der Waals surface area contributed by atoms with Crippen LogP contribution in [0.2, 0.25) is 8.67 Å². The van der Waals surface area contributed by atoms with Crippen LogP contribution in [0, 0.1) is 11.3 Å². The van der Waals surface area contributed by atoms with Crippen LogP contribution in [0.1, 0.15) is 42.5 Å². The lowest BCUT2D eigenvalue weighted by Gasteiger charge is -2.31. The van der Waals surface area contributed by atoms with Crippen molar-refractivity contribution in [2.24, 2.45) is 0 Å². The fourth-order valence-electron chi connectivity index (χ4n) is 2.20. The van der Waals surface area contributed by atoms with Gasteiger partial charge in [-0.25, -0.2) is 0 Å². The van der Waals surface area contributed by atoms with E-state index in [2.05, 4.69) is 11.4 Å². The van der Waals surface area contributed by atoms with Crippen molar-refractivity contribution in [3.63, 3.8) is 0 Å². The molecule has 0 radical (unpaired) electrons. The lowest BCUT2D eigenvalue weighted by atomic mass is 9.82. The Bertz CT molecular complexity index is 501. The van der Waals surface area contributed by atoms with Crippen molar-refractivity contribution in [2.45, 2.75) is 37.6 Å². The minimum atomic E-state index is -0.743. The molecule has 0 aromatic carbocycles. The molecule has 18 heavy (non-hydrogen) atoms.